The van der Waals surface area contributed by atoms with Crippen molar-refractivity contribution in [3.63, 3.8) is 0 Å². The molecular formula is C13H17N3O5. The number of aliphatic carboxylic acids is 2. The van der Waals surface area contributed by atoms with Crippen LogP contribution in [-0.4, -0.2) is 57.7 Å². The normalized spacial score (nSPS) is 11.5. The lowest BCUT2D eigenvalue weighted by atomic mass is 10.2. The van der Waals surface area contributed by atoms with Crippen LogP contribution in [0.5, 0.6) is 0 Å². The van der Waals surface area contributed by atoms with Gasteiger partial charge < -0.3 is 20.4 Å². The van der Waals surface area contributed by atoms with Gasteiger partial charge in [0.05, 0.1) is 6.42 Å². The van der Waals surface area contributed by atoms with Gasteiger partial charge in [0.2, 0.25) is 0 Å². The lowest BCUT2D eigenvalue weighted by molar-refractivity contribution is -0.145. The number of hydrogen-bond acceptors (Lipinski definition) is 4. The van der Waals surface area contributed by atoms with Gasteiger partial charge in [-0.2, -0.15) is 0 Å². The van der Waals surface area contributed by atoms with Gasteiger partial charge in [-0.05, 0) is 12.1 Å². The number of likely N-dealkylation sites (N-methyl/N-ethyl adjacent to an activating group) is 1. The lowest BCUT2D eigenvalue weighted by Gasteiger charge is -2.20. The van der Waals surface area contributed by atoms with Crippen molar-refractivity contribution in [1.82, 2.24) is 15.2 Å². The molecule has 0 spiro atoms. The Morgan fingerprint density at radius 3 is 2.57 bits per heavy atom. The zero-order valence-electron chi connectivity index (χ0n) is 11.5. The van der Waals surface area contributed by atoms with Gasteiger partial charge in [-0.3, -0.25) is 9.78 Å². The molecule has 0 radical (unpaired) electrons. The molecule has 1 unspecified atom stereocenters. The highest BCUT2D eigenvalue weighted by Gasteiger charge is 2.24. The number of carboxylic acids is 2. The number of hydrogen-bond donors (Lipinski definition) is 3. The first kappa shape index (κ1) is 16.4. The second-order valence-corrected chi connectivity index (χ2v) is 4.43. The third-order valence-corrected chi connectivity index (χ3v) is 2.75. The fraction of sp³-hybridized carbons (Fsp3) is 0.385. The van der Waals surface area contributed by atoms with E-state index in [-0.39, 0.29) is 0 Å². The third kappa shape index (κ3) is 5.89. The van der Waals surface area contributed by atoms with E-state index in [1.165, 1.54) is 11.9 Å². The van der Waals surface area contributed by atoms with E-state index in [0.717, 1.165) is 5.69 Å². The minimum atomic E-state index is -1.45. The van der Waals surface area contributed by atoms with E-state index in [9.17, 15) is 14.4 Å². The van der Waals surface area contributed by atoms with E-state index < -0.39 is 30.4 Å². The van der Waals surface area contributed by atoms with Crippen molar-refractivity contribution in [2.75, 3.05) is 13.6 Å². The van der Waals surface area contributed by atoms with Crippen molar-refractivity contribution in [3.8, 4) is 0 Å². The summed E-state index contributed by atoms with van der Waals surface area (Å²) in [4.78, 5) is 38.6. The molecule has 1 atom stereocenters. The molecule has 3 N–H and O–H groups in total. The summed E-state index contributed by atoms with van der Waals surface area (Å²) in [6, 6.07) is 3.33. The summed E-state index contributed by atoms with van der Waals surface area (Å²) in [5.41, 5.74) is 0.803. The zero-order chi connectivity index (χ0) is 15.8. The second kappa shape index (κ2) is 7.83. The topological polar surface area (TPSA) is 120 Å². The Labute approximate surface area is 121 Å². The number of carbonyl (C=O) groups is 3. The number of carboxylic acid groups (broad SMARTS) is 2. The predicted octanol–water partition coefficient (Wildman–Crippen LogP) is 0.193. The maximum Gasteiger partial charge on any atom is 0.326 e. The van der Waals surface area contributed by atoms with Crippen LogP contribution in [0.3, 0.4) is 0 Å². The molecule has 0 aromatic carbocycles. The van der Waals surface area contributed by atoms with E-state index >= 15 is 0 Å². The molecule has 21 heavy (non-hydrogen) atoms. The highest BCUT2D eigenvalue weighted by molar-refractivity contribution is 5.86. The highest BCUT2D eigenvalue weighted by Crippen LogP contribution is 1.99. The number of nitrogens with one attached hydrogen (secondary N) is 1. The fourth-order valence-corrected chi connectivity index (χ4v) is 1.56. The average molecular weight is 295 g/mol. The molecule has 0 saturated carbocycles. The van der Waals surface area contributed by atoms with Gasteiger partial charge in [-0.25, -0.2) is 9.59 Å². The Morgan fingerprint density at radius 2 is 2.05 bits per heavy atom. The van der Waals surface area contributed by atoms with Crippen LogP contribution in [0.25, 0.3) is 0 Å². The molecule has 0 fully saturated rings. The van der Waals surface area contributed by atoms with Crippen LogP contribution in [-0.2, 0) is 16.0 Å². The summed E-state index contributed by atoms with van der Waals surface area (Å²) in [6.45, 7) is 0.336. The van der Waals surface area contributed by atoms with Crippen molar-refractivity contribution < 1.29 is 24.6 Å². The summed E-state index contributed by atoms with van der Waals surface area (Å²) >= 11 is 0. The number of carbonyl (C=O) groups excluding carboxylic acids is 1. The van der Waals surface area contributed by atoms with Crippen molar-refractivity contribution in [2.24, 2.45) is 0 Å². The first-order chi connectivity index (χ1) is 9.90. The van der Waals surface area contributed by atoms with Gasteiger partial charge in [-0.1, -0.05) is 6.07 Å². The molecule has 1 rings (SSSR count). The Hall–Kier alpha value is -2.64. The van der Waals surface area contributed by atoms with Gasteiger partial charge in [0, 0.05) is 31.9 Å². The molecule has 2 amide bonds. The predicted molar refractivity (Wildman–Crippen MR) is 72.8 cm³/mol. The van der Waals surface area contributed by atoms with Crippen LogP contribution in [0.15, 0.2) is 24.4 Å². The number of aromatic nitrogens is 1. The lowest BCUT2D eigenvalue weighted by Crippen LogP contribution is -2.48. The third-order valence-electron chi connectivity index (χ3n) is 2.75. The van der Waals surface area contributed by atoms with E-state index in [1.54, 1.807) is 12.3 Å². The van der Waals surface area contributed by atoms with Crippen LogP contribution in [0.2, 0.25) is 0 Å². The smallest absolute Gasteiger partial charge is 0.326 e. The van der Waals surface area contributed by atoms with Gasteiger partial charge in [-0.15, -0.1) is 0 Å². The maximum absolute atomic E-state index is 11.8. The molecule has 8 heteroatoms. The molecule has 1 aromatic rings. The van der Waals surface area contributed by atoms with Crippen LogP contribution in [0.4, 0.5) is 4.79 Å². The van der Waals surface area contributed by atoms with Gasteiger partial charge in [0.25, 0.3) is 0 Å². The van der Waals surface area contributed by atoms with Crippen LogP contribution in [0, 0.1) is 0 Å². The second-order valence-electron chi connectivity index (χ2n) is 4.43. The minimum Gasteiger partial charge on any atom is -0.481 e. The highest BCUT2D eigenvalue weighted by atomic mass is 16.4. The van der Waals surface area contributed by atoms with Crippen molar-refractivity contribution in [3.05, 3.63) is 30.1 Å². The standard InChI is InChI=1S/C13H17N3O5/c1-16(7-5-9-4-2-3-6-14-9)13(21)15-10(12(19)20)8-11(17)18/h2-4,6,10H,5,7-8H2,1H3,(H,15,21)(H,17,18)(H,19,20). The largest absolute Gasteiger partial charge is 0.481 e. The van der Waals surface area contributed by atoms with Gasteiger partial charge >= 0.3 is 18.0 Å². The maximum atomic E-state index is 11.8. The van der Waals surface area contributed by atoms with Crippen molar-refractivity contribution >= 4 is 18.0 Å². The summed E-state index contributed by atoms with van der Waals surface area (Å²) in [5.74, 6) is -2.68. The Bertz CT molecular complexity index is 506. The minimum absolute atomic E-state index is 0.336. The fourth-order valence-electron chi connectivity index (χ4n) is 1.56. The van der Waals surface area contributed by atoms with Crippen LogP contribution >= 0.6 is 0 Å². The van der Waals surface area contributed by atoms with Crippen LogP contribution in [0.1, 0.15) is 12.1 Å². The summed E-state index contributed by atoms with van der Waals surface area (Å²) in [6.07, 6.45) is 1.49. The molecule has 0 bridgehead atoms. The summed E-state index contributed by atoms with van der Waals surface area (Å²) < 4.78 is 0. The van der Waals surface area contributed by atoms with E-state index in [0.29, 0.717) is 13.0 Å². The van der Waals surface area contributed by atoms with Crippen molar-refractivity contribution in [1.29, 1.82) is 0 Å². The molecule has 0 saturated heterocycles. The van der Waals surface area contributed by atoms with E-state index in [1.807, 2.05) is 12.1 Å². The number of nitrogens with zero attached hydrogens (tertiary/aromatic N) is 2. The molecule has 0 aliphatic rings. The quantitative estimate of drug-likeness (QED) is 0.660. The van der Waals surface area contributed by atoms with Crippen molar-refractivity contribution in [2.45, 2.75) is 18.9 Å². The monoisotopic (exact) mass is 295 g/mol. The number of urea groups is 1. The summed E-state index contributed by atoms with van der Waals surface area (Å²) in [5, 5.41) is 19.6. The van der Waals surface area contributed by atoms with E-state index in [2.05, 4.69) is 10.3 Å². The van der Waals surface area contributed by atoms with Crippen LogP contribution < -0.4 is 5.32 Å². The molecule has 8 nitrogen and oxygen atoms in total. The molecule has 1 heterocycles. The van der Waals surface area contributed by atoms with Gasteiger partial charge in [0.15, 0.2) is 0 Å². The summed E-state index contributed by atoms with van der Waals surface area (Å²) in [7, 11) is 1.50. The number of rotatable bonds is 7. The Balaban J connectivity index is 2.49. The van der Waals surface area contributed by atoms with E-state index in [4.69, 9.17) is 10.2 Å². The first-order valence-corrected chi connectivity index (χ1v) is 6.26. The average Bonchev–Trinajstić information content (AvgIpc) is 2.44. The number of pyridine rings is 1. The molecule has 1 aromatic heterocycles. The van der Waals surface area contributed by atoms with Gasteiger partial charge in [0.1, 0.15) is 6.04 Å². The zero-order valence-corrected chi connectivity index (χ0v) is 11.5. The SMILES string of the molecule is CN(CCc1ccccn1)C(=O)NC(CC(=O)O)C(=O)O. The molecule has 0 aliphatic heterocycles. The molecule has 0 aliphatic carbocycles. The Kier molecular flexibility index (Phi) is 6.12. The molecular weight excluding hydrogens is 278 g/mol. The molecule has 114 valence electrons. The number of amides is 2. The Morgan fingerprint density at radius 1 is 1.33 bits per heavy atom. The first-order valence-electron chi connectivity index (χ1n) is 6.26.